The zero-order valence-corrected chi connectivity index (χ0v) is 25.4. The third-order valence-electron chi connectivity index (χ3n) is 11.9. The van der Waals surface area contributed by atoms with E-state index < -0.39 is 41.5 Å². The van der Waals surface area contributed by atoms with Gasteiger partial charge >= 0.3 is 0 Å². The summed E-state index contributed by atoms with van der Waals surface area (Å²) < 4.78 is 13.3. The maximum absolute atomic E-state index is 13.8. The predicted octanol–water partition coefficient (Wildman–Crippen LogP) is 4.42. The molecule has 0 radical (unpaired) electrons. The molecule has 9 atom stereocenters. The van der Waals surface area contributed by atoms with Gasteiger partial charge < -0.3 is 24.8 Å². The normalized spacial score (nSPS) is 38.8. The molecule has 0 unspecified atom stereocenters. The summed E-state index contributed by atoms with van der Waals surface area (Å²) in [7, 11) is 0. The van der Waals surface area contributed by atoms with E-state index in [1.54, 1.807) is 12.2 Å². The summed E-state index contributed by atoms with van der Waals surface area (Å²) in [5, 5.41) is 31.2. The van der Waals surface area contributed by atoms with Crippen molar-refractivity contribution in [2.24, 2.45) is 28.6 Å². The van der Waals surface area contributed by atoms with Crippen LogP contribution in [0.2, 0.25) is 0 Å². The van der Waals surface area contributed by atoms with Crippen LogP contribution in [0.4, 0.5) is 0 Å². The maximum atomic E-state index is 13.8. The van der Waals surface area contributed by atoms with E-state index in [9.17, 15) is 19.8 Å². The van der Waals surface area contributed by atoms with Gasteiger partial charge in [0.2, 0.25) is 0 Å². The van der Waals surface area contributed by atoms with Crippen LogP contribution < -0.4 is 0 Å². The second kappa shape index (κ2) is 10.8. The van der Waals surface area contributed by atoms with Crippen LogP contribution >= 0.6 is 0 Å². The Bertz CT molecular complexity index is 1510. The number of hydrogen-bond donors (Lipinski definition) is 3. The molecule has 0 spiro atoms. The molecule has 7 heteroatoms. The number of carbonyl (C=O) groups is 2. The molecule has 0 amide bonds. The molecule has 7 rings (SSSR count). The van der Waals surface area contributed by atoms with Gasteiger partial charge in [-0.25, -0.2) is 0 Å². The van der Waals surface area contributed by atoms with Crippen LogP contribution in [0.3, 0.4) is 0 Å². The largest absolute Gasteiger partial charge is 0.396 e. The van der Waals surface area contributed by atoms with Crippen LogP contribution in [-0.2, 0) is 31.9 Å². The van der Waals surface area contributed by atoms with Crippen molar-refractivity contribution in [2.75, 3.05) is 13.2 Å². The summed E-state index contributed by atoms with van der Waals surface area (Å²) in [6.07, 6.45) is 7.38. The van der Waals surface area contributed by atoms with Crippen molar-refractivity contribution in [3.05, 3.63) is 94.6 Å². The Morgan fingerprint density at radius 2 is 1.68 bits per heavy atom. The highest BCUT2D eigenvalue weighted by molar-refractivity contribution is 6.01. The molecule has 4 fully saturated rings. The number of Topliss-reactive ketones (excluding diaryl/α,β-unsaturated/α-hetero) is 1. The average molecular weight is 599 g/mol. The fraction of sp³-hybridized carbons (Fsp3) is 0.514. The Balaban J connectivity index is 1.14. The van der Waals surface area contributed by atoms with Gasteiger partial charge in [0.1, 0.15) is 6.61 Å². The number of rotatable bonds is 7. The molecule has 1 aliphatic heterocycles. The standard InChI is InChI=1S/C37H42O7/c1-35-15-13-27(40)18-26(35)11-12-28-29-19-32-37(31(42)21-39,36(29,2)20-30(41)33(28)35)44-34(43-32)25-9-7-24(8-10-25)17-23-5-3-22(4-6-23)14-16-38/h3-10,13,15,18,28-30,32-34,38-39,41H,11-12,14,16-17,19-21H2,1-2H3/t28-,29-,30-,32+,33+,34+,35-,36-,37+/m0/s1. The number of ketones is 2. The Hall–Kier alpha value is -2.94. The lowest BCUT2D eigenvalue weighted by atomic mass is 9.46. The van der Waals surface area contributed by atoms with E-state index in [-0.39, 0.29) is 35.9 Å². The first kappa shape index (κ1) is 29.8. The predicted molar refractivity (Wildman–Crippen MR) is 163 cm³/mol. The fourth-order valence-corrected chi connectivity index (χ4v) is 9.82. The van der Waals surface area contributed by atoms with Crippen molar-refractivity contribution in [2.45, 2.75) is 76.5 Å². The van der Waals surface area contributed by atoms with Crippen molar-refractivity contribution >= 4 is 11.6 Å². The summed E-state index contributed by atoms with van der Waals surface area (Å²) in [6.45, 7) is 3.68. The lowest BCUT2D eigenvalue weighted by Gasteiger charge is -2.59. The van der Waals surface area contributed by atoms with E-state index in [1.165, 1.54) is 5.56 Å². The lowest BCUT2D eigenvalue weighted by molar-refractivity contribution is -0.201. The summed E-state index contributed by atoms with van der Waals surface area (Å²) in [4.78, 5) is 25.9. The third kappa shape index (κ3) is 4.35. The molecule has 44 heavy (non-hydrogen) atoms. The number of carbonyl (C=O) groups excluding carboxylic acids is 2. The molecule has 4 aliphatic carbocycles. The molecule has 3 saturated carbocycles. The first-order valence-electron chi connectivity index (χ1n) is 16.0. The quantitative estimate of drug-likeness (QED) is 0.433. The van der Waals surface area contributed by atoms with E-state index in [0.29, 0.717) is 19.3 Å². The van der Waals surface area contributed by atoms with Gasteiger partial charge in [-0.2, -0.15) is 0 Å². The molecule has 1 saturated heterocycles. The molecule has 232 valence electrons. The second-order valence-corrected chi connectivity index (χ2v) is 14.0. The second-order valence-electron chi connectivity index (χ2n) is 14.0. The third-order valence-corrected chi connectivity index (χ3v) is 11.9. The Morgan fingerprint density at radius 3 is 2.36 bits per heavy atom. The summed E-state index contributed by atoms with van der Waals surface area (Å²) in [5.74, 6) is -0.261. The van der Waals surface area contributed by atoms with Crippen molar-refractivity contribution < 1.29 is 34.4 Å². The van der Waals surface area contributed by atoms with Gasteiger partial charge in [0.05, 0.1) is 12.2 Å². The highest BCUT2D eigenvalue weighted by Crippen LogP contribution is 2.70. The summed E-state index contributed by atoms with van der Waals surface area (Å²) in [6, 6.07) is 16.3. The Kier molecular flexibility index (Phi) is 7.34. The topological polar surface area (TPSA) is 113 Å². The van der Waals surface area contributed by atoms with Crippen LogP contribution in [0.1, 0.15) is 68.1 Å². The van der Waals surface area contributed by atoms with Gasteiger partial charge in [-0.3, -0.25) is 9.59 Å². The van der Waals surface area contributed by atoms with Crippen molar-refractivity contribution in [3.8, 4) is 0 Å². The first-order valence-corrected chi connectivity index (χ1v) is 16.0. The van der Waals surface area contributed by atoms with Crippen LogP contribution in [0.15, 0.2) is 72.3 Å². The molecule has 2 aromatic carbocycles. The van der Waals surface area contributed by atoms with Gasteiger partial charge in [0.15, 0.2) is 23.5 Å². The SMILES string of the molecule is C[C@]12C=CC(=O)C=C1CC[C@@H]1[C@@H]2[C@@H](O)C[C@@]2(C)[C@H]1C[C@H]1O[C@@H](c3ccc(Cc4ccc(CCO)cc4)cc3)O[C@]12C(=O)CO. The molecular formula is C37H42O7. The number of allylic oxidation sites excluding steroid dienone is 4. The van der Waals surface area contributed by atoms with Crippen molar-refractivity contribution in [1.29, 1.82) is 0 Å². The minimum absolute atomic E-state index is 0.00253. The fourth-order valence-electron chi connectivity index (χ4n) is 9.82. The van der Waals surface area contributed by atoms with Crippen LogP contribution in [0.5, 0.6) is 0 Å². The molecule has 7 nitrogen and oxygen atoms in total. The van der Waals surface area contributed by atoms with Gasteiger partial charge in [-0.1, -0.05) is 74.0 Å². The number of ether oxygens (including phenoxy) is 2. The maximum Gasteiger partial charge on any atom is 0.193 e. The number of benzene rings is 2. The lowest BCUT2D eigenvalue weighted by Crippen LogP contribution is -2.63. The highest BCUT2D eigenvalue weighted by atomic mass is 16.7. The number of hydrogen-bond acceptors (Lipinski definition) is 7. The molecule has 5 aliphatic rings. The van der Waals surface area contributed by atoms with Gasteiger partial charge in [-0.05, 0) is 79.2 Å². The van der Waals surface area contributed by atoms with Crippen LogP contribution in [0, 0.1) is 28.6 Å². The Labute approximate surface area is 258 Å². The minimum Gasteiger partial charge on any atom is -0.396 e. The summed E-state index contributed by atoms with van der Waals surface area (Å²) >= 11 is 0. The van der Waals surface area contributed by atoms with Gasteiger partial charge in [0, 0.05) is 28.9 Å². The molecule has 3 N–H and O–H groups in total. The number of fused-ring (bicyclic) bond motifs is 7. The van der Waals surface area contributed by atoms with E-state index in [1.807, 2.05) is 42.5 Å². The molecule has 2 aromatic rings. The van der Waals surface area contributed by atoms with E-state index in [4.69, 9.17) is 14.6 Å². The van der Waals surface area contributed by atoms with Crippen LogP contribution in [-0.4, -0.2) is 57.9 Å². The van der Waals surface area contributed by atoms with Crippen molar-refractivity contribution in [1.82, 2.24) is 0 Å². The zero-order chi connectivity index (χ0) is 30.9. The van der Waals surface area contributed by atoms with E-state index >= 15 is 0 Å². The molecular weight excluding hydrogens is 556 g/mol. The number of aliphatic hydroxyl groups excluding tert-OH is 3. The Morgan fingerprint density at radius 1 is 1.00 bits per heavy atom. The number of aliphatic hydroxyl groups is 3. The molecule has 1 heterocycles. The highest BCUT2D eigenvalue weighted by Gasteiger charge is 2.75. The summed E-state index contributed by atoms with van der Waals surface area (Å²) in [5.41, 5.74) is 2.84. The first-order chi connectivity index (χ1) is 21.1. The zero-order valence-electron chi connectivity index (χ0n) is 25.4. The van der Waals surface area contributed by atoms with Gasteiger partial charge in [-0.15, -0.1) is 0 Å². The van der Waals surface area contributed by atoms with E-state index in [0.717, 1.165) is 41.5 Å². The molecule has 0 aromatic heterocycles. The van der Waals surface area contributed by atoms with Crippen LogP contribution in [0.25, 0.3) is 0 Å². The molecule has 0 bridgehead atoms. The van der Waals surface area contributed by atoms with Crippen molar-refractivity contribution in [3.63, 3.8) is 0 Å². The van der Waals surface area contributed by atoms with E-state index in [2.05, 4.69) is 26.0 Å². The van der Waals surface area contributed by atoms with Gasteiger partial charge in [0.25, 0.3) is 0 Å². The monoisotopic (exact) mass is 598 g/mol. The minimum atomic E-state index is -1.35. The average Bonchev–Trinajstić information content (AvgIpc) is 3.51. The smallest absolute Gasteiger partial charge is 0.193 e.